The highest BCUT2D eigenvalue weighted by atomic mass is 16.7. The highest BCUT2D eigenvalue weighted by molar-refractivity contribution is 6.01. The number of nitrogens with one attached hydrogen (secondary N) is 3. The number of hydrogen-bond acceptors (Lipinski definition) is 18. The number of amides is 3. The third-order valence-corrected chi connectivity index (χ3v) is 24.5. The number of non-ortho nitro benzene ring substituents is 2. The lowest BCUT2D eigenvalue weighted by atomic mass is 9.47. The largest absolute Gasteiger partial charge is 0.393 e. The molecule has 9 aliphatic rings. The Balaban J connectivity index is 0.000000179. The second kappa shape index (κ2) is 28.7. The molecule has 8 aliphatic carbocycles. The van der Waals surface area contributed by atoms with Crippen LogP contribution in [0.5, 0.6) is 0 Å². The number of nitrogens with zero attached hydrogens (tertiary/aromatic N) is 5. The first-order valence-electron chi connectivity index (χ1n) is 33.7. The standard InChI is InChI=1S/C32H46N4O6.C28H41NO5.C8H10N4O4/c1-20(4-11-30(38)34-17-16-33-28-10-6-22(35(39)40)19-29(28)36(41)42)25-8-9-26-24-7-5-21-18-23(37)12-14-31(21,2)27(24)13-15-32(25,26)3;1-17(4-11-26(33)34-29-24(31)9-10-25(29)32)21-7-8-22-20-6-5-18-16-19(30)12-14-27(18,2)23(20)13-15-28(21,22)3;9-3-4-10-7-2-1-6(11(13)14)5-8(7)12(15)16/h5-6,10,19-20,23-27,33,37H,4,7-9,11-18H2,1-3H3,(H,34,38);5,17,19-23,30H,4,6-16H2,1-3H3;1-2,5,10H,3-4,9H2/t20?,23-,24-,25+,26-,27-,31-,32+;17?,19-,20-,21+,22-,23-,27-,28+;/m00./s1. The maximum Gasteiger partial charge on any atom is 0.333 e. The van der Waals surface area contributed by atoms with Crippen LogP contribution in [0.1, 0.15) is 183 Å². The lowest BCUT2D eigenvalue weighted by Crippen LogP contribution is -2.50. The normalized spacial score (nSPS) is 33.1. The summed E-state index contributed by atoms with van der Waals surface area (Å²) in [6.45, 7) is 15.8. The molecule has 24 nitrogen and oxygen atoms in total. The predicted octanol–water partition coefficient (Wildman–Crippen LogP) is 12.2. The molecule has 7 fully saturated rings. The van der Waals surface area contributed by atoms with Crippen molar-refractivity contribution in [2.45, 2.75) is 195 Å². The number of anilines is 2. The van der Waals surface area contributed by atoms with Gasteiger partial charge in [-0.1, -0.05) is 64.8 Å². The van der Waals surface area contributed by atoms with Gasteiger partial charge in [0, 0.05) is 64.0 Å². The van der Waals surface area contributed by atoms with Crippen molar-refractivity contribution in [2.24, 2.45) is 86.6 Å². The van der Waals surface area contributed by atoms with Crippen molar-refractivity contribution in [3.8, 4) is 0 Å². The van der Waals surface area contributed by atoms with Gasteiger partial charge in [-0.2, -0.15) is 0 Å². The minimum Gasteiger partial charge on any atom is -0.393 e. The number of carbonyl (C=O) groups excluding carboxylic acids is 4. The zero-order valence-corrected chi connectivity index (χ0v) is 54.4. The minimum absolute atomic E-state index is 0.0254. The van der Waals surface area contributed by atoms with Gasteiger partial charge in [0.05, 0.1) is 44.0 Å². The Morgan fingerprint density at radius 3 is 1.49 bits per heavy atom. The number of aliphatic hydroxyl groups excluding tert-OH is 2. The molecule has 0 radical (unpaired) electrons. The van der Waals surface area contributed by atoms with Crippen molar-refractivity contribution in [1.82, 2.24) is 10.4 Å². The molecule has 16 atom stereocenters. The molecule has 1 saturated heterocycles. The molecule has 2 aromatic rings. The van der Waals surface area contributed by atoms with Crippen LogP contribution in [0, 0.1) is 121 Å². The van der Waals surface area contributed by atoms with Gasteiger partial charge in [-0.05, 0) is 209 Å². The van der Waals surface area contributed by atoms with E-state index in [1.54, 1.807) is 0 Å². The average molecular weight is 1280 g/mol. The molecule has 24 heteroatoms. The number of aliphatic hydroxyl groups is 2. The van der Waals surface area contributed by atoms with Gasteiger partial charge in [-0.15, -0.1) is 5.06 Å². The topological polar surface area (TPSA) is 356 Å². The van der Waals surface area contributed by atoms with Crippen molar-refractivity contribution >= 4 is 57.8 Å². The first-order chi connectivity index (χ1) is 43.6. The van der Waals surface area contributed by atoms with E-state index in [4.69, 9.17) is 10.6 Å². The number of imide groups is 1. The summed E-state index contributed by atoms with van der Waals surface area (Å²) < 4.78 is 0. The van der Waals surface area contributed by atoms with Crippen LogP contribution in [0.2, 0.25) is 0 Å². The van der Waals surface area contributed by atoms with Crippen LogP contribution in [0.3, 0.4) is 0 Å². The molecule has 504 valence electrons. The molecule has 7 N–H and O–H groups in total. The number of hydroxylamine groups is 2. The molecule has 2 unspecified atom stereocenters. The van der Waals surface area contributed by atoms with E-state index in [-0.39, 0.29) is 88.9 Å². The predicted molar refractivity (Wildman–Crippen MR) is 345 cm³/mol. The van der Waals surface area contributed by atoms with Crippen molar-refractivity contribution in [2.75, 3.05) is 36.8 Å². The quantitative estimate of drug-likeness (QED) is 0.0236. The molecule has 1 heterocycles. The summed E-state index contributed by atoms with van der Waals surface area (Å²) in [6, 6.07) is 6.90. The maximum atomic E-state index is 12.7. The zero-order chi connectivity index (χ0) is 66.6. The lowest BCUT2D eigenvalue weighted by molar-refractivity contribution is -0.393. The van der Waals surface area contributed by atoms with E-state index >= 15 is 0 Å². The Bertz CT molecular complexity index is 3180. The van der Waals surface area contributed by atoms with Gasteiger partial charge in [0.2, 0.25) is 5.91 Å². The van der Waals surface area contributed by atoms with E-state index in [0.717, 1.165) is 112 Å². The second-order valence-corrected chi connectivity index (χ2v) is 29.3. The van der Waals surface area contributed by atoms with Gasteiger partial charge in [0.1, 0.15) is 11.4 Å². The monoisotopic (exact) mass is 1280 g/mol. The van der Waals surface area contributed by atoms with Gasteiger partial charge in [-0.3, -0.25) is 54.8 Å². The van der Waals surface area contributed by atoms with Crippen molar-refractivity contribution in [3.63, 3.8) is 0 Å². The number of benzene rings is 2. The van der Waals surface area contributed by atoms with Crippen LogP contribution in [0.15, 0.2) is 59.7 Å². The Labute approximate surface area is 538 Å². The van der Waals surface area contributed by atoms with Gasteiger partial charge in [0.15, 0.2) is 0 Å². The van der Waals surface area contributed by atoms with Crippen LogP contribution in [0.25, 0.3) is 0 Å². The molecule has 2 aromatic carbocycles. The summed E-state index contributed by atoms with van der Waals surface area (Å²) in [4.78, 5) is 94.2. The average Bonchev–Trinajstić information content (AvgIpc) is 1.38. The lowest BCUT2D eigenvalue weighted by Gasteiger charge is -2.58. The Morgan fingerprint density at radius 1 is 0.609 bits per heavy atom. The minimum atomic E-state index is -0.681. The van der Waals surface area contributed by atoms with Gasteiger partial charge < -0.3 is 36.7 Å². The molecule has 1 aliphatic heterocycles. The number of nitro benzene ring substituents is 4. The highest BCUT2D eigenvalue weighted by Crippen LogP contribution is 2.69. The van der Waals surface area contributed by atoms with Crippen LogP contribution in [-0.4, -0.2) is 97.0 Å². The second-order valence-electron chi connectivity index (χ2n) is 29.3. The molecule has 92 heavy (non-hydrogen) atoms. The number of carbonyl (C=O) groups is 4. The summed E-state index contributed by atoms with van der Waals surface area (Å²) in [7, 11) is 0. The Hall–Kier alpha value is -6.92. The van der Waals surface area contributed by atoms with Crippen LogP contribution in [0.4, 0.5) is 34.1 Å². The van der Waals surface area contributed by atoms with E-state index in [9.17, 15) is 69.8 Å². The molecular weight excluding hydrogens is 1180 g/mol. The maximum absolute atomic E-state index is 12.7. The molecule has 0 spiro atoms. The van der Waals surface area contributed by atoms with Crippen LogP contribution >= 0.6 is 0 Å². The molecular formula is C68H97N9O15. The van der Waals surface area contributed by atoms with E-state index in [0.29, 0.717) is 65.6 Å². The van der Waals surface area contributed by atoms with E-state index in [2.05, 4.69) is 69.6 Å². The molecule has 11 rings (SSSR count). The fourth-order valence-corrected chi connectivity index (χ4v) is 19.7. The summed E-state index contributed by atoms with van der Waals surface area (Å²) >= 11 is 0. The summed E-state index contributed by atoms with van der Waals surface area (Å²) in [6.07, 6.45) is 25.4. The number of fused-ring (bicyclic) bond motifs is 10. The Morgan fingerprint density at radius 2 is 1.05 bits per heavy atom. The van der Waals surface area contributed by atoms with Crippen LogP contribution in [-0.2, 0) is 24.0 Å². The summed E-state index contributed by atoms with van der Waals surface area (Å²) in [5.74, 6) is 5.11. The highest BCUT2D eigenvalue weighted by Gasteiger charge is 2.61. The van der Waals surface area contributed by atoms with E-state index in [1.807, 2.05) is 0 Å². The molecule has 6 saturated carbocycles. The third kappa shape index (κ3) is 14.4. The summed E-state index contributed by atoms with van der Waals surface area (Å²) in [5, 5.41) is 73.1. The number of rotatable bonds is 20. The first-order valence-corrected chi connectivity index (χ1v) is 33.7. The van der Waals surface area contributed by atoms with Crippen LogP contribution < -0.4 is 21.7 Å². The van der Waals surface area contributed by atoms with Gasteiger partial charge in [0.25, 0.3) is 34.6 Å². The summed E-state index contributed by atoms with van der Waals surface area (Å²) in [5.41, 5.74) is 8.48. The van der Waals surface area contributed by atoms with E-state index < -0.39 is 37.5 Å². The number of allylic oxidation sites excluding steroid dienone is 2. The fraction of sp³-hybridized carbons (Fsp3) is 0.706. The number of hydrogen-bond donors (Lipinski definition) is 6. The number of nitro groups is 4. The first kappa shape index (κ1) is 69.4. The Kier molecular flexibility index (Phi) is 21.7. The SMILES string of the molecule is CC(CCC(=O)NCCNc1ccc([N+](=O)[O-])cc1[N+](=O)[O-])[C@H]1CC[C@H]2[C@@H]3CC=C4C[C@@H](O)CC[C@]4(C)[C@H]3CC[C@]12C.CC(CCC(=O)ON1C(=O)CCC1=O)[C@H]1CC[C@H]2[C@@H]3CC=C4C[C@@H](O)CC[C@]4(C)[C@H]3CC[C@]12C.NCCNc1ccc([N+](=O)[O-])cc1[N+](=O)[O-]. The van der Waals surface area contributed by atoms with Crippen molar-refractivity contribution < 1.29 is 53.9 Å². The number of nitrogens with two attached hydrogens (primary N) is 1. The smallest absolute Gasteiger partial charge is 0.333 e. The van der Waals surface area contributed by atoms with Crippen molar-refractivity contribution in [3.05, 3.63) is 100 Å². The third-order valence-electron chi connectivity index (χ3n) is 24.5. The molecule has 3 amide bonds. The van der Waals surface area contributed by atoms with Gasteiger partial charge >= 0.3 is 5.97 Å². The zero-order valence-electron chi connectivity index (χ0n) is 54.4. The van der Waals surface area contributed by atoms with E-state index in [1.165, 1.54) is 86.8 Å². The van der Waals surface area contributed by atoms with Crippen molar-refractivity contribution in [1.29, 1.82) is 0 Å². The molecule has 0 aromatic heterocycles. The fourth-order valence-electron chi connectivity index (χ4n) is 19.7. The van der Waals surface area contributed by atoms with Gasteiger partial charge in [-0.25, -0.2) is 4.79 Å². The molecule has 0 bridgehead atoms.